The summed E-state index contributed by atoms with van der Waals surface area (Å²) in [5, 5.41) is 15.9. The summed E-state index contributed by atoms with van der Waals surface area (Å²) in [6, 6.07) is 3.95. The molecule has 2 rings (SSSR count). The summed E-state index contributed by atoms with van der Waals surface area (Å²) >= 11 is 1.62. The second kappa shape index (κ2) is 7.53. The molecule has 0 aliphatic rings. The third-order valence-corrected chi connectivity index (χ3v) is 3.57. The van der Waals surface area contributed by atoms with Crippen LogP contribution in [0.25, 0.3) is 0 Å². The van der Waals surface area contributed by atoms with E-state index in [1.165, 1.54) is 6.20 Å². The molecule has 7 nitrogen and oxygen atoms in total. The molecular formula is C13H16N4O3S. The van der Waals surface area contributed by atoms with Crippen LogP contribution in [0, 0.1) is 10.1 Å². The van der Waals surface area contributed by atoms with Crippen LogP contribution in [0.1, 0.15) is 18.2 Å². The Morgan fingerprint density at radius 3 is 3.05 bits per heavy atom. The van der Waals surface area contributed by atoms with Gasteiger partial charge in [-0.15, -0.1) is 11.3 Å². The van der Waals surface area contributed by atoms with E-state index in [-0.39, 0.29) is 11.6 Å². The van der Waals surface area contributed by atoms with E-state index in [2.05, 4.69) is 15.3 Å². The fourth-order valence-corrected chi connectivity index (χ4v) is 2.31. The minimum atomic E-state index is -0.538. The summed E-state index contributed by atoms with van der Waals surface area (Å²) in [4.78, 5) is 19.6. The van der Waals surface area contributed by atoms with E-state index in [4.69, 9.17) is 4.74 Å². The lowest BCUT2D eigenvalue weighted by molar-refractivity contribution is -0.386. The first-order valence-electron chi connectivity index (χ1n) is 6.61. The van der Waals surface area contributed by atoms with Crippen LogP contribution in [0.3, 0.4) is 0 Å². The Morgan fingerprint density at radius 2 is 2.38 bits per heavy atom. The van der Waals surface area contributed by atoms with Crippen molar-refractivity contribution in [3.05, 3.63) is 38.7 Å². The van der Waals surface area contributed by atoms with E-state index < -0.39 is 4.92 Å². The highest BCUT2D eigenvalue weighted by atomic mass is 32.1. The second-order valence-electron chi connectivity index (χ2n) is 4.25. The summed E-state index contributed by atoms with van der Waals surface area (Å²) in [7, 11) is 0. The highest BCUT2D eigenvalue weighted by Gasteiger charge is 2.18. The predicted molar refractivity (Wildman–Crippen MR) is 81.0 cm³/mol. The third-order valence-electron chi connectivity index (χ3n) is 2.63. The molecule has 2 aromatic heterocycles. The maximum absolute atomic E-state index is 11.0. The van der Waals surface area contributed by atoms with Gasteiger partial charge in [0.05, 0.1) is 11.5 Å². The Kier molecular flexibility index (Phi) is 5.44. The molecular weight excluding hydrogens is 292 g/mol. The quantitative estimate of drug-likeness (QED) is 0.595. The van der Waals surface area contributed by atoms with Gasteiger partial charge in [0.25, 0.3) is 5.88 Å². The molecule has 0 unspecified atom stereocenters. The van der Waals surface area contributed by atoms with Crippen molar-refractivity contribution in [1.29, 1.82) is 0 Å². The third kappa shape index (κ3) is 4.38. The molecule has 0 saturated heterocycles. The number of rotatable bonds is 8. The number of aromatic nitrogens is 2. The van der Waals surface area contributed by atoms with Gasteiger partial charge in [0.2, 0.25) is 5.95 Å². The smallest absolute Gasteiger partial charge is 0.349 e. The zero-order valence-corrected chi connectivity index (χ0v) is 12.4. The lowest BCUT2D eigenvalue weighted by atomic mass is 10.4. The van der Waals surface area contributed by atoms with Crippen LogP contribution in [0.4, 0.5) is 11.6 Å². The standard InChI is InChI=1S/C13H16N4O3S/c1-2-6-14-13-15-9-11(17(18)19)12(16-13)20-7-5-10-4-3-8-21-10/h3-4,8-9H,2,5-7H2,1H3,(H,14,15,16). The first-order valence-corrected chi connectivity index (χ1v) is 7.49. The average molecular weight is 308 g/mol. The maximum Gasteiger partial charge on any atom is 0.349 e. The van der Waals surface area contributed by atoms with Crippen LogP contribution in [0.2, 0.25) is 0 Å². The van der Waals surface area contributed by atoms with Crippen molar-refractivity contribution in [3.63, 3.8) is 0 Å². The Hall–Kier alpha value is -2.22. The fourth-order valence-electron chi connectivity index (χ4n) is 1.62. The van der Waals surface area contributed by atoms with Crippen molar-refractivity contribution < 1.29 is 9.66 Å². The van der Waals surface area contributed by atoms with Gasteiger partial charge < -0.3 is 10.1 Å². The van der Waals surface area contributed by atoms with Gasteiger partial charge in [0.15, 0.2) is 0 Å². The van der Waals surface area contributed by atoms with E-state index in [0.717, 1.165) is 11.3 Å². The molecule has 0 aliphatic heterocycles. The minimum Gasteiger partial charge on any atom is -0.472 e. The molecule has 2 aromatic rings. The molecule has 21 heavy (non-hydrogen) atoms. The van der Waals surface area contributed by atoms with E-state index in [0.29, 0.717) is 25.5 Å². The largest absolute Gasteiger partial charge is 0.472 e. The fraction of sp³-hybridized carbons (Fsp3) is 0.385. The van der Waals surface area contributed by atoms with Crippen LogP contribution in [-0.4, -0.2) is 28.0 Å². The first-order chi connectivity index (χ1) is 10.2. The summed E-state index contributed by atoms with van der Waals surface area (Å²) in [5.74, 6) is 0.346. The van der Waals surface area contributed by atoms with E-state index in [9.17, 15) is 10.1 Å². The lowest BCUT2D eigenvalue weighted by Gasteiger charge is -2.07. The topological polar surface area (TPSA) is 90.2 Å². The molecule has 0 saturated carbocycles. The highest BCUT2D eigenvalue weighted by Crippen LogP contribution is 2.24. The summed E-state index contributed by atoms with van der Waals surface area (Å²) in [6.07, 6.45) is 2.77. The minimum absolute atomic E-state index is 0.00478. The van der Waals surface area contributed by atoms with Crippen molar-refractivity contribution in [2.75, 3.05) is 18.5 Å². The highest BCUT2D eigenvalue weighted by molar-refractivity contribution is 7.09. The molecule has 0 atom stereocenters. The SMILES string of the molecule is CCCNc1ncc([N+](=O)[O-])c(OCCc2cccs2)n1. The number of ether oxygens (including phenoxy) is 1. The van der Waals surface area contributed by atoms with Gasteiger partial charge >= 0.3 is 5.69 Å². The number of hydrogen-bond acceptors (Lipinski definition) is 7. The zero-order valence-electron chi connectivity index (χ0n) is 11.6. The molecule has 0 fully saturated rings. The normalized spacial score (nSPS) is 10.3. The van der Waals surface area contributed by atoms with Crippen molar-refractivity contribution in [2.45, 2.75) is 19.8 Å². The van der Waals surface area contributed by atoms with Gasteiger partial charge in [-0.1, -0.05) is 13.0 Å². The monoisotopic (exact) mass is 308 g/mol. The Labute approximate surface area is 126 Å². The van der Waals surface area contributed by atoms with Crippen LogP contribution >= 0.6 is 11.3 Å². The average Bonchev–Trinajstić information content (AvgIpc) is 2.98. The molecule has 0 radical (unpaired) electrons. The Balaban J connectivity index is 2.04. The van der Waals surface area contributed by atoms with Crippen molar-refractivity contribution in [2.24, 2.45) is 0 Å². The Morgan fingerprint density at radius 1 is 1.52 bits per heavy atom. The van der Waals surface area contributed by atoms with Crippen molar-refractivity contribution in [3.8, 4) is 5.88 Å². The molecule has 8 heteroatoms. The van der Waals surface area contributed by atoms with E-state index in [1.54, 1.807) is 11.3 Å². The van der Waals surface area contributed by atoms with E-state index in [1.807, 2.05) is 24.4 Å². The number of thiophene rings is 1. The van der Waals surface area contributed by atoms with Crippen LogP contribution in [0.15, 0.2) is 23.7 Å². The van der Waals surface area contributed by atoms with Gasteiger partial charge in [0, 0.05) is 17.8 Å². The number of nitrogens with zero attached hydrogens (tertiary/aromatic N) is 3. The van der Waals surface area contributed by atoms with Crippen LogP contribution in [0.5, 0.6) is 5.88 Å². The molecule has 0 spiro atoms. The molecule has 0 aliphatic carbocycles. The number of nitro groups is 1. The summed E-state index contributed by atoms with van der Waals surface area (Å²) < 4.78 is 5.47. The Bertz CT molecular complexity index is 589. The van der Waals surface area contributed by atoms with Gasteiger partial charge in [0.1, 0.15) is 6.20 Å². The molecule has 1 N–H and O–H groups in total. The summed E-state index contributed by atoms with van der Waals surface area (Å²) in [6.45, 7) is 3.05. The van der Waals surface area contributed by atoms with Gasteiger partial charge in [-0.2, -0.15) is 4.98 Å². The predicted octanol–water partition coefficient (Wildman–Crippen LogP) is 2.89. The van der Waals surface area contributed by atoms with Crippen LogP contribution < -0.4 is 10.1 Å². The number of anilines is 1. The van der Waals surface area contributed by atoms with Gasteiger partial charge in [-0.25, -0.2) is 4.98 Å². The number of hydrogen-bond donors (Lipinski definition) is 1. The molecule has 2 heterocycles. The van der Waals surface area contributed by atoms with E-state index >= 15 is 0 Å². The summed E-state index contributed by atoms with van der Waals surface area (Å²) in [5.41, 5.74) is -0.219. The first kappa shape index (κ1) is 15.2. The zero-order chi connectivity index (χ0) is 15.1. The molecule has 0 bridgehead atoms. The van der Waals surface area contributed by atoms with Crippen molar-refractivity contribution in [1.82, 2.24) is 9.97 Å². The molecule has 0 amide bonds. The lowest BCUT2D eigenvalue weighted by Crippen LogP contribution is -2.09. The molecule has 112 valence electrons. The van der Waals surface area contributed by atoms with Gasteiger partial charge in [-0.3, -0.25) is 10.1 Å². The van der Waals surface area contributed by atoms with Crippen LogP contribution in [-0.2, 0) is 6.42 Å². The second-order valence-corrected chi connectivity index (χ2v) is 5.28. The van der Waals surface area contributed by atoms with Gasteiger partial charge in [-0.05, 0) is 17.9 Å². The maximum atomic E-state index is 11.0. The van der Waals surface area contributed by atoms with Crippen molar-refractivity contribution >= 4 is 23.0 Å². The molecule has 0 aromatic carbocycles. The number of nitrogens with one attached hydrogen (secondary N) is 1.